The van der Waals surface area contributed by atoms with Crippen LogP contribution >= 0.6 is 0 Å². The van der Waals surface area contributed by atoms with Gasteiger partial charge in [-0.25, -0.2) is 0 Å². The van der Waals surface area contributed by atoms with E-state index in [1.54, 1.807) is 0 Å². The predicted octanol–water partition coefficient (Wildman–Crippen LogP) is 1.32. The molecule has 0 aromatic heterocycles. The van der Waals surface area contributed by atoms with Crippen molar-refractivity contribution in [1.29, 1.82) is 0 Å². The first-order valence-electron chi connectivity index (χ1n) is 7.84. The molecule has 4 nitrogen and oxygen atoms in total. The van der Waals surface area contributed by atoms with Crippen molar-refractivity contribution in [2.24, 2.45) is 5.92 Å². The summed E-state index contributed by atoms with van der Waals surface area (Å²) in [5.41, 5.74) is 0. The molecule has 1 aliphatic carbocycles. The molecule has 1 N–H and O–H groups in total. The second kappa shape index (κ2) is 7.25. The quantitative estimate of drug-likeness (QED) is 0.816. The normalized spacial score (nSPS) is 29.6. The van der Waals surface area contributed by atoms with E-state index in [9.17, 15) is 4.79 Å². The topological polar surface area (TPSA) is 35.6 Å². The standard InChI is InChI=1S/C15H29N3O/c1-13-5-6-14(12-13)16-15(19)4-3-7-18-10-8-17(2)9-11-18/h13-14H,3-12H2,1-2H3,(H,16,19). The molecule has 0 aromatic rings. The van der Waals surface area contributed by atoms with Crippen LogP contribution in [-0.4, -0.2) is 61.5 Å². The number of hydrogen-bond acceptors (Lipinski definition) is 3. The van der Waals surface area contributed by atoms with Gasteiger partial charge >= 0.3 is 0 Å². The summed E-state index contributed by atoms with van der Waals surface area (Å²) in [6.45, 7) is 7.97. The highest BCUT2D eigenvalue weighted by atomic mass is 16.1. The Morgan fingerprint density at radius 3 is 2.58 bits per heavy atom. The molecule has 2 rings (SSSR count). The number of amides is 1. The van der Waals surface area contributed by atoms with E-state index >= 15 is 0 Å². The Kier molecular flexibility index (Phi) is 5.64. The highest BCUT2D eigenvalue weighted by Crippen LogP contribution is 2.24. The molecule has 0 spiro atoms. The summed E-state index contributed by atoms with van der Waals surface area (Å²) in [5, 5.41) is 3.19. The maximum absolute atomic E-state index is 11.9. The summed E-state index contributed by atoms with van der Waals surface area (Å²) in [6.07, 6.45) is 5.30. The van der Waals surface area contributed by atoms with Gasteiger partial charge < -0.3 is 15.1 Å². The summed E-state index contributed by atoms with van der Waals surface area (Å²) in [6, 6.07) is 0.450. The first-order chi connectivity index (χ1) is 9.13. The van der Waals surface area contributed by atoms with Gasteiger partial charge in [-0.15, -0.1) is 0 Å². The molecular weight excluding hydrogens is 238 g/mol. The Morgan fingerprint density at radius 2 is 1.95 bits per heavy atom. The zero-order valence-electron chi connectivity index (χ0n) is 12.5. The van der Waals surface area contributed by atoms with Crippen LogP contribution in [0.3, 0.4) is 0 Å². The van der Waals surface area contributed by atoms with Gasteiger partial charge in [0.1, 0.15) is 0 Å². The number of likely N-dealkylation sites (N-methyl/N-ethyl adjacent to an activating group) is 1. The van der Waals surface area contributed by atoms with Gasteiger partial charge in [0, 0.05) is 38.6 Å². The van der Waals surface area contributed by atoms with Crippen molar-refractivity contribution >= 4 is 5.91 Å². The average molecular weight is 267 g/mol. The third-order valence-corrected chi connectivity index (χ3v) is 4.53. The van der Waals surface area contributed by atoms with E-state index in [0.717, 1.165) is 45.1 Å². The third kappa shape index (κ3) is 5.11. The molecule has 4 heteroatoms. The van der Waals surface area contributed by atoms with Gasteiger partial charge in [0.05, 0.1) is 0 Å². The van der Waals surface area contributed by atoms with Crippen LogP contribution in [0.4, 0.5) is 0 Å². The summed E-state index contributed by atoms with van der Waals surface area (Å²) in [4.78, 5) is 16.7. The van der Waals surface area contributed by atoms with Gasteiger partial charge in [0.2, 0.25) is 5.91 Å². The van der Waals surface area contributed by atoms with Gasteiger partial charge in [-0.3, -0.25) is 4.79 Å². The zero-order chi connectivity index (χ0) is 13.7. The van der Waals surface area contributed by atoms with Gasteiger partial charge in [0.25, 0.3) is 0 Å². The fraction of sp³-hybridized carbons (Fsp3) is 0.933. The van der Waals surface area contributed by atoms with E-state index in [2.05, 4.69) is 29.1 Å². The van der Waals surface area contributed by atoms with Gasteiger partial charge in [-0.2, -0.15) is 0 Å². The molecule has 110 valence electrons. The number of nitrogens with zero attached hydrogens (tertiary/aromatic N) is 2. The molecule has 1 saturated heterocycles. The summed E-state index contributed by atoms with van der Waals surface area (Å²) in [5.74, 6) is 1.05. The molecule has 1 saturated carbocycles. The number of nitrogens with one attached hydrogen (secondary N) is 1. The number of rotatable bonds is 5. The average Bonchev–Trinajstić information content (AvgIpc) is 2.77. The first kappa shape index (κ1) is 14.8. The molecule has 1 aliphatic heterocycles. The Bertz CT molecular complexity index is 287. The van der Waals surface area contributed by atoms with Crippen molar-refractivity contribution in [2.45, 2.75) is 45.1 Å². The first-order valence-corrected chi connectivity index (χ1v) is 7.84. The lowest BCUT2D eigenvalue weighted by atomic mass is 10.1. The van der Waals surface area contributed by atoms with E-state index in [4.69, 9.17) is 0 Å². The van der Waals surface area contributed by atoms with E-state index < -0.39 is 0 Å². The number of carbonyl (C=O) groups excluding carboxylic acids is 1. The maximum Gasteiger partial charge on any atom is 0.220 e. The lowest BCUT2D eigenvalue weighted by molar-refractivity contribution is -0.121. The smallest absolute Gasteiger partial charge is 0.220 e. The number of piperazine rings is 1. The summed E-state index contributed by atoms with van der Waals surface area (Å²) in [7, 11) is 2.17. The lowest BCUT2D eigenvalue weighted by Crippen LogP contribution is -2.44. The minimum Gasteiger partial charge on any atom is -0.353 e. The number of hydrogen-bond donors (Lipinski definition) is 1. The van der Waals surface area contributed by atoms with Gasteiger partial charge in [-0.05, 0) is 45.2 Å². The Morgan fingerprint density at radius 1 is 1.21 bits per heavy atom. The largest absolute Gasteiger partial charge is 0.353 e. The van der Waals surface area contributed by atoms with E-state index in [-0.39, 0.29) is 5.91 Å². The predicted molar refractivity (Wildman–Crippen MR) is 78.1 cm³/mol. The highest BCUT2D eigenvalue weighted by molar-refractivity contribution is 5.76. The zero-order valence-corrected chi connectivity index (χ0v) is 12.5. The molecule has 19 heavy (non-hydrogen) atoms. The van der Waals surface area contributed by atoms with Crippen molar-refractivity contribution in [3.05, 3.63) is 0 Å². The molecule has 0 bridgehead atoms. The molecular formula is C15H29N3O. The highest BCUT2D eigenvalue weighted by Gasteiger charge is 2.22. The lowest BCUT2D eigenvalue weighted by Gasteiger charge is -2.32. The van der Waals surface area contributed by atoms with Crippen LogP contribution < -0.4 is 5.32 Å². The van der Waals surface area contributed by atoms with Crippen LogP contribution in [0.25, 0.3) is 0 Å². The van der Waals surface area contributed by atoms with E-state index in [1.807, 2.05) is 0 Å². The van der Waals surface area contributed by atoms with E-state index in [0.29, 0.717) is 12.5 Å². The second-order valence-electron chi connectivity index (χ2n) is 6.43. The van der Waals surface area contributed by atoms with Crippen LogP contribution in [0.1, 0.15) is 39.0 Å². The Balaban J connectivity index is 1.54. The van der Waals surface area contributed by atoms with Crippen LogP contribution in [0.5, 0.6) is 0 Å². The molecule has 0 aromatic carbocycles. The van der Waals surface area contributed by atoms with E-state index in [1.165, 1.54) is 19.3 Å². The molecule has 2 fully saturated rings. The van der Waals surface area contributed by atoms with Crippen molar-refractivity contribution < 1.29 is 4.79 Å². The Labute approximate surface area is 117 Å². The van der Waals surface area contributed by atoms with Crippen molar-refractivity contribution in [2.75, 3.05) is 39.8 Å². The van der Waals surface area contributed by atoms with Crippen molar-refractivity contribution in [1.82, 2.24) is 15.1 Å². The molecule has 1 heterocycles. The Hall–Kier alpha value is -0.610. The van der Waals surface area contributed by atoms with Crippen molar-refractivity contribution in [3.63, 3.8) is 0 Å². The second-order valence-corrected chi connectivity index (χ2v) is 6.43. The fourth-order valence-corrected chi connectivity index (χ4v) is 3.17. The van der Waals surface area contributed by atoms with Crippen LogP contribution in [0.15, 0.2) is 0 Å². The third-order valence-electron chi connectivity index (χ3n) is 4.53. The molecule has 1 amide bonds. The van der Waals surface area contributed by atoms with Crippen LogP contribution in [0, 0.1) is 5.92 Å². The SMILES string of the molecule is CC1CCC(NC(=O)CCCN2CCN(C)CC2)C1. The fourth-order valence-electron chi connectivity index (χ4n) is 3.17. The molecule has 2 atom stereocenters. The van der Waals surface area contributed by atoms with Crippen LogP contribution in [-0.2, 0) is 4.79 Å². The van der Waals surface area contributed by atoms with Gasteiger partial charge in [0.15, 0.2) is 0 Å². The minimum absolute atomic E-state index is 0.258. The van der Waals surface area contributed by atoms with Gasteiger partial charge in [-0.1, -0.05) is 6.92 Å². The maximum atomic E-state index is 11.9. The summed E-state index contributed by atoms with van der Waals surface area (Å²) >= 11 is 0. The minimum atomic E-state index is 0.258. The van der Waals surface area contributed by atoms with Crippen LogP contribution in [0.2, 0.25) is 0 Å². The molecule has 2 aliphatic rings. The number of carbonyl (C=O) groups is 1. The molecule has 0 radical (unpaired) electrons. The molecule has 2 unspecified atom stereocenters. The van der Waals surface area contributed by atoms with Crippen molar-refractivity contribution in [3.8, 4) is 0 Å². The summed E-state index contributed by atoms with van der Waals surface area (Å²) < 4.78 is 0. The monoisotopic (exact) mass is 267 g/mol.